The van der Waals surface area contributed by atoms with Crippen LogP contribution >= 0.6 is 23.2 Å². The first-order valence-corrected chi connectivity index (χ1v) is 12.6. The number of hydrogen-bond donors (Lipinski definition) is 0. The molecule has 2 aliphatic rings. The van der Waals surface area contributed by atoms with Crippen LogP contribution in [0.15, 0.2) is 107 Å². The molecule has 5 rings (SSSR count). The lowest BCUT2D eigenvalue weighted by molar-refractivity contribution is -0.117. The summed E-state index contributed by atoms with van der Waals surface area (Å²) in [5, 5.41) is -0.0313. The van der Waals surface area contributed by atoms with Gasteiger partial charge in [0.05, 0.1) is 17.0 Å². The molecule has 1 aliphatic heterocycles. The zero-order valence-corrected chi connectivity index (χ0v) is 21.7. The minimum Gasteiger partial charge on any atom is -0.287 e. The Kier molecular flexibility index (Phi) is 6.59. The van der Waals surface area contributed by atoms with Crippen LogP contribution in [0.4, 0.5) is 11.4 Å². The summed E-state index contributed by atoms with van der Waals surface area (Å²) in [4.78, 5) is 43.6. The van der Waals surface area contributed by atoms with E-state index in [0.29, 0.717) is 28.2 Å². The van der Waals surface area contributed by atoms with Crippen LogP contribution in [-0.2, 0) is 14.4 Å². The summed E-state index contributed by atoms with van der Waals surface area (Å²) in [6.07, 6.45) is 1.52. The molecule has 0 N–H and O–H groups in total. The van der Waals surface area contributed by atoms with Crippen LogP contribution in [0.1, 0.15) is 16.7 Å². The number of alkyl halides is 1. The zero-order chi connectivity index (χ0) is 26.3. The standard InChI is InChI=1S/C30H22Cl2N2O3/c1-18-8-12-21(13-9-18)33(25(35)17-31)24-16-23-27(32)30(37)34(22-14-10-19(2)11-15-22)28(23)26(29(24)36)20-6-4-3-5-7-20/h3-16H,17H2,1-2H3. The number of nitrogens with zero attached hydrogens (tertiary/aromatic N) is 2. The molecule has 184 valence electrons. The Morgan fingerprint density at radius 3 is 2.05 bits per heavy atom. The number of anilines is 2. The second-order valence-electron chi connectivity index (χ2n) is 8.85. The van der Waals surface area contributed by atoms with Crippen molar-refractivity contribution in [1.82, 2.24) is 0 Å². The van der Waals surface area contributed by atoms with Gasteiger partial charge in [0.1, 0.15) is 10.9 Å². The number of amides is 2. The molecule has 37 heavy (non-hydrogen) atoms. The molecule has 2 amide bonds. The molecular weight excluding hydrogens is 507 g/mol. The molecule has 0 radical (unpaired) electrons. The minimum absolute atomic E-state index is 0.0313. The summed E-state index contributed by atoms with van der Waals surface area (Å²) in [6.45, 7) is 3.88. The minimum atomic E-state index is -0.475. The van der Waals surface area contributed by atoms with Crippen LogP contribution in [0, 0.1) is 13.8 Å². The van der Waals surface area contributed by atoms with Crippen LogP contribution in [0.3, 0.4) is 0 Å². The fourth-order valence-corrected chi connectivity index (χ4v) is 4.85. The molecule has 3 aromatic carbocycles. The molecule has 1 aliphatic carbocycles. The summed E-state index contributed by atoms with van der Waals surface area (Å²) in [6, 6.07) is 23.7. The van der Waals surface area contributed by atoms with E-state index < -0.39 is 17.6 Å². The number of carbonyl (C=O) groups is 3. The fraction of sp³-hybridized carbons (Fsp3) is 0.100. The number of ketones is 1. The van der Waals surface area contributed by atoms with E-state index in [-0.39, 0.29) is 22.2 Å². The van der Waals surface area contributed by atoms with E-state index >= 15 is 0 Å². The van der Waals surface area contributed by atoms with E-state index in [1.54, 1.807) is 24.3 Å². The van der Waals surface area contributed by atoms with E-state index in [1.807, 2.05) is 68.4 Å². The molecule has 0 bridgehead atoms. The molecule has 1 heterocycles. The van der Waals surface area contributed by atoms with E-state index in [0.717, 1.165) is 11.1 Å². The summed E-state index contributed by atoms with van der Waals surface area (Å²) >= 11 is 12.6. The highest BCUT2D eigenvalue weighted by Gasteiger charge is 2.43. The first-order chi connectivity index (χ1) is 17.8. The Morgan fingerprint density at radius 2 is 1.46 bits per heavy atom. The van der Waals surface area contributed by atoms with Gasteiger partial charge in [-0.05, 0) is 49.8 Å². The highest BCUT2D eigenvalue weighted by molar-refractivity contribution is 6.49. The summed E-state index contributed by atoms with van der Waals surface area (Å²) < 4.78 is 0. The number of allylic oxidation sites excluding steroid dienone is 2. The van der Waals surface area contributed by atoms with Gasteiger partial charge in [0.15, 0.2) is 0 Å². The van der Waals surface area contributed by atoms with Gasteiger partial charge < -0.3 is 0 Å². The normalized spacial score (nSPS) is 15.2. The number of halogens is 2. The number of aryl methyl sites for hydroxylation is 2. The van der Waals surface area contributed by atoms with Crippen molar-refractivity contribution < 1.29 is 14.4 Å². The smallest absolute Gasteiger partial charge is 0.275 e. The van der Waals surface area contributed by atoms with Crippen LogP contribution in [0.5, 0.6) is 0 Å². The molecule has 5 nitrogen and oxygen atoms in total. The van der Waals surface area contributed by atoms with Crippen LogP contribution in [0.25, 0.3) is 5.57 Å². The maximum absolute atomic E-state index is 14.2. The highest BCUT2D eigenvalue weighted by atomic mass is 35.5. The Morgan fingerprint density at radius 1 is 0.865 bits per heavy atom. The maximum Gasteiger partial charge on any atom is 0.275 e. The van der Waals surface area contributed by atoms with Crippen molar-refractivity contribution in [3.05, 3.63) is 124 Å². The van der Waals surface area contributed by atoms with Crippen molar-refractivity contribution >= 4 is 57.7 Å². The van der Waals surface area contributed by atoms with Crippen molar-refractivity contribution in [3.8, 4) is 0 Å². The van der Waals surface area contributed by atoms with Crippen molar-refractivity contribution in [2.75, 3.05) is 15.7 Å². The molecule has 0 unspecified atom stereocenters. The SMILES string of the molecule is Cc1ccc(N(C(=O)CCl)C2=CC3=C(Cl)C(=O)N(c4ccc(C)cc4)C3=C(c3ccccc3)C2=O)cc1. The van der Waals surface area contributed by atoms with Crippen LogP contribution < -0.4 is 9.80 Å². The average Bonchev–Trinajstić information content (AvgIpc) is 3.15. The number of benzene rings is 3. The maximum atomic E-state index is 14.2. The number of fused-ring (bicyclic) bond motifs is 1. The summed E-state index contributed by atoms with van der Waals surface area (Å²) in [5.74, 6) is -1.67. The Balaban J connectivity index is 1.76. The van der Waals surface area contributed by atoms with Crippen molar-refractivity contribution in [2.45, 2.75) is 13.8 Å². The van der Waals surface area contributed by atoms with Crippen molar-refractivity contribution in [1.29, 1.82) is 0 Å². The number of rotatable bonds is 5. The number of hydrogen-bond acceptors (Lipinski definition) is 3. The van der Waals surface area contributed by atoms with Gasteiger partial charge in [0, 0.05) is 16.9 Å². The van der Waals surface area contributed by atoms with Crippen LogP contribution in [-0.4, -0.2) is 23.5 Å². The van der Waals surface area contributed by atoms with Crippen molar-refractivity contribution in [2.24, 2.45) is 0 Å². The van der Waals surface area contributed by atoms with Gasteiger partial charge in [-0.25, -0.2) is 0 Å². The zero-order valence-electron chi connectivity index (χ0n) is 20.2. The van der Waals surface area contributed by atoms with Crippen LogP contribution in [0.2, 0.25) is 0 Å². The monoisotopic (exact) mass is 528 g/mol. The molecular formula is C30H22Cl2N2O3. The molecule has 0 fully saturated rings. The fourth-order valence-electron chi connectivity index (χ4n) is 4.51. The van der Waals surface area contributed by atoms with Gasteiger partial charge in [0.2, 0.25) is 11.7 Å². The van der Waals surface area contributed by atoms with Crippen molar-refractivity contribution in [3.63, 3.8) is 0 Å². The lowest BCUT2D eigenvalue weighted by Crippen LogP contribution is -2.37. The Hall–Kier alpha value is -3.93. The summed E-state index contributed by atoms with van der Waals surface area (Å²) in [5.41, 5.74) is 4.82. The van der Waals surface area contributed by atoms with E-state index in [9.17, 15) is 14.4 Å². The third kappa shape index (κ3) is 4.31. The second-order valence-corrected chi connectivity index (χ2v) is 9.50. The molecule has 3 aromatic rings. The van der Waals surface area contributed by atoms with Gasteiger partial charge in [-0.3, -0.25) is 24.2 Å². The highest BCUT2D eigenvalue weighted by Crippen LogP contribution is 2.45. The summed E-state index contributed by atoms with van der Waals surface area (Å²) in [7, 11) is 0. The first kappa shape index (κ1) is 24.8. The predicted octanol–water partition coefficient (Wildman–Crippen LogP) is 6.29. The van der Waals surface area contributed by atoms with Gasteiger partial charge in [-0.2, -0.15) is 0 Å². The van der Waals surface area contributed by atoms with E-state index in [1.165, 1.54) is 15.9 Å². The van der Waals surface area contributed by atoms with Gasteiger partial charge in [-0.15, -0.1) is 11.6 Å². The molecule has 7 heteroatoms. The number of carbonyl (C=O) groups excluding carboxylic acids is 3. The molecule has 0 aromatic heterocycles. The first-order valence-electron chi connectivity index (χ1n) is 11.6. The van der Waals surface area contributed by atoms with Gasteiger partial charge in [0.25, 0.3) is 5.91 Å². The Bertz CT molecular complexity index is 1520. The van der Waals surface area contributed by atoms with E-state index in [4.69, 9.17) is 23.2 Å². The van der Waals surface area contributed by atoms with Gasteiger partial charge >= 0.3 is 0 Å². The lowest BCUT2D eigenvalue weighted by atomic mass is 9.88. The largest absolute Gasteiger partial charge is 0.287 e. The topological polar surface area (TPSA) is 57.7 Å². The van der Waals surface area contributed by atoms with Gasteiger partial charge in [-0.1, -0.05) is 77.3 Å². The quantitative estimate of drug-likeness (QED) is 0.365. The average molecular weight is 529 g/mol. The van der Waals surface area contributed by atoms with E-state index in [2.05, 4.69) is 0 Å². The molecule has 0 saturated carbocycles. The lowest BCUT2D eigenvalue weighted by Gasteiger charge is -2.30. The third-order valence-corrected chi connectivity index (χ3v) is 6.93. The molecule has 0 atom stereocenters. The molecule has 0 saturated heterocycles. The number of Topliss-reactive ketones (excluding diaryl/α,β-unsaturated/α-hetero) is 1. The second kappa shape index (κ2) is 9.85. The Labute approximate surface area is 224 Å². The molecule has 0 spiro atoms. The third-order valence-electron chi connectivity index (χ3n) is 6.34. The predicted molar refractivity (Wildman–Crippen MR) is 147 cm³/mol.